The number of carbonyl (C=O) groups excluding carboxylic acids is 1. The van der Waals surface area contributed by atoms with E-state index in [1.807, 2.05) is 0 Å². The number of rotatable bonds is 8. The standard InChI is InChI=1S/C13H21ClO3Si.C7H9ClO3/c1-13(2,3)18(4,5)16-7-6-11-10(9-15)8-12(14)17-11;8-7-3-5(4-10)6(11-7)1-2-9/h8-9H,6-7H2,1-5H3;3,9-10H,1-2,4H2. The van der Waals surface area contributed by atoms with Crippen LogP contribution in [0.2, 0.25) is 28.6 Å². The second-order valence-electron chi connectivity index (χ2n) is 8.04. The van der Waals surface area contributed by atoms with Crippen molar-refractivity contribution in [2.75, 3.05) is 13.2 Å². The van der Waals surface area contributed by atoms with Gasteiger partial charge in [-0.05, 0) is 41.3 Å². The molecule has 0 unspecified atom stereocenters. The van der Waals surface area contributed by atoms with Crippen LogP contribution in [0.15, 0.2) is 21.0 Å². The lowest BCUT2D eigenvalue weighted by Gasteiger charge is -2.36. The molecule has 0 spiro atoms. The van der Waals surface area contributed by atoms with Gasteiger partial charge in [0.15, 0.2) is 25.0 Å². The Morgan fingerprint density at radius 3 is 2.17 bits per heavy atom. The van der Waals surface area contributed by atoms with Crippen LogP contribution >= 0.6 is 23.2 Å². The minimum absolute atomic E-state index is 0.00313. The quantitative estimate of drug-likeness (QED) is 0.408. The van der Waals surface area contributed by atoms with Crippen LogP contribution in [0.1, 0.15) is 48.2 Å². The molecule has 2 rings (SSSR count). The molecule has 0 atom stereocenters. The van der Waals surface area contributed by atoms with E-state index in [2.05, 4.69) is 33.9 Å². The maximum atomic E-state index is 10.8. The largest absolute Gasteiger partial charge is 0.449 e. The first-order valence-electron chi connectivity index (χ1n) is 9.31. The van der Waals surface area contributed by atoms with Crippen LogP contribution in [0.25, 0.3) is 0 Å². The predicted molar refractivity (Wildman–Crippen MR) is 116 cm³/mol. The minimum atomic E-state index is -1.74. The van der Waals surface area contributed by atoms with E-state index in [1.54, 1.807) is 6.07 Å². The topological polar surface area (TPSA) is 93.0 Å². The smallest absolute Gasteiger partial charge is 0.194 e. The van der Waals surface area contributed by atoms with Gasteiger partial charge < -0.3 is 23.5 Å². The van der Waals surface area contributed by atoms with E-state index >= 15 is 0 Å². The Kier molecular flexibility index (Phi) is 10.1. The molecule has 2 N–H and O–H groups in total. The van der Waals surface area contributed by atoms with Crippen molar-refractivity contribution in [1.29, 1.82) is 0 Å². The monoisotopic (exact) mass is 464 g/mol. The summed E-state index contributed by atoms with van der Waals surface area (Å²) in [6.45, 7) is 11.4. The van der Waals surface area contributed by atoms with Gasteiger partial charge in [-0.1, -0.05) is 20.8 Å². The number of hydrogen-bond donors (Lipinski definition) is 2. The Morgan fingerprint density at radius 2 is 1.66 bits per heavy atom. The van der Waals surface area contributed by atoms with Gasteiger partial charge in [0, 0.05) is 37.1 Å². The summed E-state index contributed by atoms with van der Waals surface area (Å²) in [6.07, 6.45) is 1.73. The van der Waals surface area contributed by atoms with Gasteiger partial charge in [0.25, 0.3) is 0 Å². The summed E-state index contributed by atoms with van der Waals surface area (Å²) in [5, 5.41) is 18.0. The molecule has 164 valence electrons. The van der Waals surface area contributed by atoms with Crippen molar-refractivity contribution in [3.8, 4) is 0 Å². The predicted octanol–water partition coefficient (Wildman–Crippen LogP) is 5.27. The summed E-state index contributed by atoms with van der Waals surface area (Å²) in [5.74, 6) is 1.16. The molecule has 0 fully saturated rings. The number of halogens is 2. The van der Waals surface area contributed by atoms with Crippen molar-refractivity contribution < 1.29 is 28.3 Å². The molecule has 9 heteroatoms. The molecule has 2 heterocycles. The fraction of sp³-hybridized carbons (Fsp3) is 0.550. The first kappa shape index (κ1) is 25.9. The molecule has 0 amide bonds. The highest BCUT2D eigenvalue weighted by molar-refractivity contribution is 6.74. The van der Waals surface area contributed by atoms with Crippen LogP contribution < -0.4 is 0 Å². The van der Waals surface area contributed by atoms with Crippen molar-refractivity contribution >= 4 is 37.8 Å². The molecule has 0 saturated heterocycles. The first-order chi connectivity index (χ1) is 13.4. The van der Waals surface area contributed by atoms with E-state index in [4.69, 9.17) is 46.7 Å². The number of aldehydes is 1. The molecule has 0 aliphatic carbocycles. The van der Waals surface area contributed by atoms with E-state index < -0.39 is 8.32 Å². The van der Waals surface area contributed by atoms with Crippen LogP contribution in [-0.4, -0.2) is 38.0 Å². The number of carbonyl (C=O) groups is 1. The molecule has 2 aromatic heterocycles. The molecular weight excluding hydrogens is 435 g/mol. The molecule has 0 aliphatic heterocycles. The molecule has 29 heavy (non-hydrogen) atoms. The van der Waals surface area contributed by atoms with E-state index in [9.17, 15) is 4.79 Å². The number of furan rings is 2. The number of aliphatic hydroxyl groups is 2. The van der Waals surface area contributed by atoms with Gasteiger partial charge in [0.05, 0.1) is 18.8 Å². The second-order valence-corrected chi connectivity index (χ2v) is 13.6. The van der Waals surface area contributed by atoms with Gasteiger partial charge in [-0.2, -0.15) is 0 Å². The van der Waals surface area contributed by atoms with Crippen LogP contribution in [0, 0.1) is 0 Å². The zero-order valence-electron chi connectivity index (χ0n) is 17.6. The van der Waals surface area contributed by atoms with Crippen molar-refractivity contribution in [1.82, 2.24) is 0 Å². The number of hydrogen-bond acceptors (Lipinski definition) is 6. The lowest BCUT2D eigenvalue weighted by Crippen LogP contribution is -2.41. The Hall–Kier alpha value is -1.09. The third-order valence-corrected chi connectivity index (χ3v) is 9.82. The Labute approximate surface area is 182 Å². The zero-order chi connectivity index (χ0) is 22.2. The molecule has 0 aromatic carbocycles. The van der Waals surface area contributed by atoms with Crippen LogP contribution in [0.3, 0.4) is 0 Å². The average Bonchev–Trinajstić information content (AvgIpc) is 3.16. The molecule has 0 saturated carbocycles. The maximum absolute atomic E-state index is 10.8. The molecular formula is C20H30Cl2O6Si. The fourth-order valence-corrected chi connectivity index (χ4v) is 3.68. The lowest BCUT2D eigenvalue weighted by molar-refractivity contribution is 0.112. The van der Waals surface area contributed by atoms with Gasteiger partial charge in [0.2, 0.25) is 0 Å². The Bertz CT molecular complexity index is 777. The Balaban J connectivity index is 0.000000326. The van der Waals surface area contributed by atoms with Gasteiger partial charge >= 0.3 is 0 Å². The van der Waals surface area contributed by atoms with Crippen LogP contribution in [0.5, 0.6) is 0 Å². The normalized spacial score (nSPS) is 11.9. The van der Waals surface area contributed by atoms with Gasteiger partial charge in [0.1, 0.15) is 11.5 Å². The maximum Gasteiger partial charge on any atom is 0.194 e. The average molecular weight is 465 g/mol. The van der Waals surface area contributed by atoms with Crippen molar-refractivity contribution in [3.63, 3.8) is 0 Å². The van der Waals surface area contributed by atoms with Gasteiger partial charge in [-0.3, -0.25) is 4.79 Å². The zero-order valence-corrected chi connectivity index (χ0v) is 20.1. The summed E-state index contributed by atoms with van der Waals surface area (Å²) >= 11 is 11.2. The Morgan fingerprint density at radius 1 is 1.07 bits per heavy atom. The van der Waals surface area contributed by atoms with E-state index in [1.165, 1.54) is 6.07 Å². The highest BCUT2D eigenvalue weighted by atomic mass is 35.5. The minimum Gasteiger partial charge on any atom is -0.449 e. The van der Waals surface area contributed by atoms with Crippen LogP contribution in [0.4, 0.5) is 0 Å². The summed E-state index contributed by atoms with van der Waals surface area (Å²) < 4.78 is 16.3. The van der Waals surface area contributed by atoms with Gasteiger partial charge in [-0.15, -0.1) is 0 Å². The van der Waals surface area contributed by atoms with E-state index in [0.29, 0.717) is 42.1 Å². The highest BCUT2D eigenvalue weighted by Crippen LogP contribution is 2.36. The van der Waals surface area contributed by atoms with Crippen molar-refractivity contribution in [3.05, 3.63) is 45.2 Å². The second kappa shape index (κ2) is 11.3. The lowest BCUT2D eigenvalue weighted by atomic mass is 10.2. The summed E-state index contributed by atoms with van der Waals surface area (Å²) in [5.41, 5.74) is 1.16. The van der Waals surface area contributed by atoms with E-state index in [-0.39, 0.29) is 28.7 Å². The molecule has 0 radical (unpaired) electrons. The SMILES string of the molecule is CC(C)(C)[Si](C)(C)OCCc1oc(Cl)cc1C=O.OCCc1oc(Cl)cc1CO. The van der Waals surface area contributed by atoms with Crippen molar-refractivity contribution in [2.45, 2.75) is 58.4 Å². The molecule has 6 nitrogen and oxygen atoms in total. The molecule has 0 aliphatic rings. The molecule has 2 aromatic rings. The third kappa shape index (κ3) is 7.92. The van der Waals surface area contributed by atoms with E-state index in [0.717, 1.165) is 6.29 Å². The highest BCUT2D eigenvalue weighted by Gasteiger charge is 2.36. The number of aliphatic hydroxyl groups excluding tert-OH is 2. The van der Waals surface area contributed by atoms with Crippen LogP contribution in [-0.2, 0) is 23.9 Å². The first-order valence-corrected chi connectivity index (χ1v) is 13.0. The summed E-state index contributed by atoms with van der Waals surface area (Å²) in [6, 6.07) is 3.09. The summed E-state index contributed by atoms with van der Waals surface area (Å²) in [4.78, 5) is 10.8. The third-order valence-electron chi connectivity index (χ3n) is 4.91. The van der Waals surface area contributed by atoms with Gasteiger partial charge in [-0.25, -0.2) is 0 Å². The summed E-state index contributed by atoms with van der Waals surface area (Å²) in [7, 11) is -1.74. The fourth-order valence-electron chi connectivity index (χ4n) is 2.20. The molecule has 0 bridgehead atoms. The van der Waals surface area contributed by atoms with Crippen molar-refractivity contribution in [2.24, 2.45) is 0 Å².